The molecular weight excluding hydrogens is 220 g/mol. The van der Waals surface area contributed by atoms with E-state index in [1.54, 1.807) is 12.1 Å². The van der Waals surface area contributed by atoms with Crippen LogP contribution in [0.3, 0.4) is 0 Å². The van der Waals surface area contributed by atoms with Crippen molar-refractivity contribution in [2.75, 3.05) is 20.2 Å². The number of hydrogen-bond acceptors (Lipinski definition) is 5. The highest BCUT2D eigenvalue weighted by Gasteiger charge is 2.36. The summed E-state index contributed by atoms with van der Waals surface area (Å²) >= 11 is 0. The number of ether oxygens (including phenoxy) is 1. The third kappa shape index (κ3) is 2.81. The van der Waals surface area contributed by atoms with E-state index in [9.17, 15) is 9.90 Å². The lowest BCUT2D eigenvalue weighted by Crippen LogP contribution is -2.59. The first-order valence-corrected chi connectivity index (χ1v) is 5.49. The second-order valence-corrected chi connectivity index (χ2v) is 4.65. The van der Waals surface area contributed by atoms with Gasteiger partial charge in [-0.3, -0.25) is 4.90 Å². The molecule has 2 rings (SSSR count). The molecule has 0 saturated carbocycles. The van der Waals surface area contributed by atoms with Crippen LogP contribution in [0, 0.1) is 0 Å². The average molecular weight is 236 g/mol. The van der Waals surface area contributed by atoms with E-state index in [0.717, 1.165) is 5.69 Å². The molecular formula is C12H16N2O3. The Labute approximate surface area is 100 Å². The SMILES string of the molecule is COC(=O)c1cccc(CN2CC(C)(O)C2)n1. The van der Waals surface area contributed by atoms with Crippen LogP contribution in [0.25, 0.3) is 0 Å². The monoisotopic (exact) mass is 236 g/mol. The van der Waals surface area contributed by atoms with Gasteiger partial charge < -0.3 is 9.84 Å². The van der Waals surface area contributed by atoms with E-state index in [1.807, 2.05) is 13.0 Å². The Balaban J connectivity index is 2.00. The summed E-state index contributed by atoms with van der Waals surface area (Å²) in [5.41, 5.74) is 0.542. The molecule has 0 amide bonds. The number of aromatic nitrogens is 1. The van der Waals surface area contributed by atoms with E-state index in [1.165, 1.54) is 7.11 Å². The summed E-state index contributed by atoms with van der Waals surface area (Å²) in [6, 6.07) is 5.27. The smallest absolute Gasteiger partial charge is 0.356 e. The lowest BCUT2D eigenvalue weighted by Gasteiger charge is -2.44. The topological polar surface area (TPSA) is 62.7 Å². The Kier molecular flexibility index (Phi) is 3.13. The molecule has 0 aliphatic carbocycles. The van der Waals surface area contributed by atoms with Gasteiger partial charge in [0.1, 0.15) is 5.69 Å². The van der Waals surface area contributed by atoms with Crippen molar-refractivity contribution in [3.63, 3.8) is 0 Å². The van der Waals surface area contributed by atoms with Crippen molar-refractivity contribution in [2.45, 2.75) is 19.1 Å². The molecule has 1 aliphatic heterocycles. The van der Waals surface area contributed by atoms with Gasteiger partial charge in [0.05, 0.1) is 18.4 Å². The Morgan fingerprint density at radius 3 is 2.88 bits per heavy atom. The first kappa shape index (κ1) is 12.0. The summed E-state index contributed by atoms with van der Waals surface area (Å²) in [5.74, 6) is -0.428. The van der Waals surface area contributed by atoms with Gasteiger partial charge >= 0.3 is 5.97 Å². The molecule has 92 valence electrons. The van der Waals surface area contributed by atoms with Gasteiger partial charge in [-0.15, -0.1) is 0 Å². The molecule has 1 aliphatic rings. The molecule has 0 unspecified atom stereocenters. The van der Waals surface area contributed by atoms with E-state index in [-0.39, 0.29) is 0 Å². The third-order valence-electron chi connectivity index (χ3n) is 2.72. The second kappa shape index (κ2) is 4.43. The maximum absolute atomic E-state index is 11.3. The predicted molar refractivity (Wildman–Crippen MR) is 61.5 cm³/mol. The van der Waals surface area contributed by atoms with Crippen molar-refractivity contribution in [3.05, 3.63) is 29.6 Å². The first-order chi connectivity index (χ1) is 8.00. The fourth-order valence-corrected chi connectivity index (χ4v) is 2.04. The zero-order valence-corrected chi connectivity index (χ0v) is 10.0. The molecule has 5 heteroatoms. The Morgan fingerprint density at radius 1 is 1.59 bits per heavy atom. The van der Waals surface area contributed by atoms with E-state index in [0.29, 0.717) is 25.3 Å². The third-order valence-corrected chi connectivity index (χ3v) is 2.72. The minimum atomic E-state index is -0.583. The van der Waals surface area contributed by atoms with Gasteiger partial charge in [-0.25, -0.2) is 9.78 Å². The molecule has 1 aromatic heterocycles. The molecule has 1 fully saturated rings. The zero-order valence-electron chi connectivity index (χ0n) is 10.0. The molecule has 0 aromatic carbocycles. The summed E-state index contributed by atoms with van der Waals surface area (Å²) in [7, 11) is 1.34. The maximum atomic E-state index is 11.3. The van der Waals surface area contributed by atoms with Crippen LogP contribution in [0.4, 0.5) is 0 Å². The van der Waals surface area contributed by atoms with Crippen molar-refractivity contribution in [1.82, 2.24) is 9.88 Å². The van der Waals surface area contributed by atoms with Crippen LogP contribution in [0.5, 0.6) is 0 Å². The average Bonchev–Trinajstić information content (AvgIpc) is 2.26. The molecule has 2 heterocycles. The minimum absolute atomic E-state index is 0.317. The molecule has 1 saturated heterocycles. The van der Waals surface area contributed by atoms with Crippen LogP contribution in [0.15, 0.2) is 18.2 Å². The Bertz CT molecular complexity index is 424. The van der Waals surface area contributed by atoms with Gasteiger partial charge in [0.2, 0.25) is 0 Å². The van der Waals surface area contributed by atoms with Gasteiger partial charge in [0.15, 0.2) is 0 Å². The quantitative estimate of drug-likeness (QED) is 0.771. The highest BCUT2D eigenvalue weighted by atomic mass is 16.5. The van der Waals surface area contributed by atoms with Gasteiger partial charge in [-0.05, 0) is 19.1 Å². The summed E-state index contributed by atoms with van der Waals surface area (Å²) in [6.07, 6.45) is 0. The predicted octanol–water partition coefficient (Wildman–Crippen LogP) is 0.435. The van der Waals surface area contributed by atoms with Gasteiger partial charge in [-0.2, -0.15) is 0 Å². The van der Waals surface area contributed by atoms with Crippen molar-refractivity contribution < 1.29 is 14.6 Å². The minimum Gasteiger partial charge on any atom is -0.464 e. The Morgan fingerprint density at radius 2 is 2.29 bits per heavy atom. The number of pyridine rings is 1. The lowest BCUT2D eigenvalue weighted by atomic mass is 9.97. The van der Waals surface area contributed by atoms with E-state index >= 15 is 0 Å². The van der Waals surface area contributed by atoms with E-state index in [4.69, 9.17) is 0 Å². The zero-order chi connectivity index (χ0) is 12.5. The molecule has 1 aromatic rings. The molecule has 0 radical (unpaired) electrons. The number of methoxy groups -OCH3 is 1. The number of nitrogens with zero attached hydrogens (tertiary/aromatic N) is 2. The van der Waals surface area contributed by atoms with Crippen molar-refractivity contribution in [1.29, 1.82) is 0 Å². The second-order valence-electron chi connectivity index (χ2n) is 4.65. The van der Waals surface area contributed by atoms with E-state index < -0.39 is 11.6 Å². The van der Waals surface area contributed by atoms with Gasteiger partial charge in [0, 0.05) is 19.6 Å². The molecule has 0 atom stereocenters. The van der Waals surface area contributed by atoms with Crippen LogP contribution in [0.1, 0.15) is 23.1 Å². The van der Waals surface area contributed by atoms with Crippen LogP contribution in [-0.2, 0) is 11.3 Å². The van der Waals surface area contributed by atoms with Crippen molar-refractivity contribution in [2.24, 2.45) is 0 Å². The van der Waals surface area contributed by atoms with Crippen LogP contribution < -0.4 is 0 Å². The number of aliphatic hydroxyl groups is 1. The number of hydrogen-bond donors (Lipinski definition) is 1. The van der Waals surface area contributed by atoms with Crippen LogP contribution in [0.2, 0.25) is 0 Å². The van der Waals surface area contributed by atoms with Crippen LogP contribution in [-0.4, -0.2) is 46.8 Å². The summed E-state index contributed by atoms with van der Waals surface area (Å²) in [6.45, 7) is 3.72. The number of likely N-dealkylation sites (tertiary alicyclic amines) is 1. The Hall–Kier alpha value is -1.46. The van der Waals surface area contributed by atoms with Gasteiger partial charge in [-0.1, -0.05) is 6.07 Å². The number of β-amino-alcohol motifs (C(OH)–C–C–N with tert-alkyl or cyclic N) is 1. The summed E-state index contributed by atoms with van der Waals surface area (Å²) < 4.78 is 4.61. The molecule has 5 nitrogen and oxygen atoms in total. The molecule has 0 spiro atoms. The first-order valence-electron chi connectivity index (χ1n) is 5.49. The van der Waals surface area contributed by atoms with Crippen molar-refractivity contribution in [3.8, 4) is 0 Å². The summed E-state index contributed by atoms with van der Waals surface area (Å²) in [4.78, 5) is 17.6. The van der Waals surface area contributed by atoms with E-state index in [2.05, 4.69) is 14.6 Å². The summed E-state index contributed by atoms with van der Waals surface area (Å²) in [5, 5.41) is 9.61. The number of carbonyl (C=O) groups excluding carboxylic acids is 1. The number of rotatable bonds is 3. The highest BCUT2D eigenvalue weighted by molar-refractivity contribution is 5.87. The maximum Gasteiger partial charge on any atom is 0.356 e. The molecule has 0 bridgehead atoms. The lowest BCUT2D eigenvalue weighted by molar-refractivity contribution is -0.0875. The van der Waals surface area contributed by atoms with Crippen molar-refractivity contribution >= 4 is 5.97 Å². The fourth-order valence-electron chi connectivity index (χ4n) is 2.04. The molecule has 17 heavy (non-hydrogen) atoms. The standard InChI is InChI=1S/C12H16N2O3/c1-12(16)7-14(8-12)6-9-4-3-5-10(13-9)11(15)17-2/h3-5,16H,6-8H2,1-2H3. The number of esters is 1. The molecule has 1 N–H and O–H groups in total. The largest absolute Gasteiger partial charge is 0.464 e. The number of carbonyl (C=O) groups is 1. The normalized spacial score (nSPS) is 18.5. The van der Waals surface area contributed by atoms with Gasteiger partial charge in [0.25, 0.3) is 0 Å². The fraction of sp³-hybridized carbons (Fsp3) is 0.500. The van der Waals surface area contributed by atoms with Crippen LogP contribution >= 0.6 is 0 Å². The highest BCUT2D eigenvalue weighted by Crippen LogP contribution is 2.21.